The molecule has 0 aliphatic rings. The highest BCUT2D eigenvalue weighted by Crippen LogP contribution is 2.33. The third-order valence-electron chi connectivity index (χ3n) is 4.04. The molecule has 0 N–H and O–H groups in total. The second kappa shape index (κ2) is 7.97. The van der Waals surface area contributed by atoms with Crippen molar-refractivity contribution in [2.45, 2.75) is 24.5 Å². The van der Waals surface area contributed by atoms with Crippen LogP contribution in [0.5, 0.6) is 0 Å². The van der Waals surface area contributed by atoms with Gasteiger partial charge in [-0.15, -0.1) is 11.8 Å². The fourth-order valence-electron chi connectivity index (χ4n) is 2.76. The van der Waals surface area contributed by atoms with Crippen molar-refractivity contribution in [3.8, 4) is 6.07 Å². The Balaban J connectivity index is 2.14. The fraction of sp³-hybridized carbons (Fsp3) is 0.211. The largest absolute Gasteiger partial charge is 0.416 e. The molecule has 0 unspecified atom stereocenters. The molecule has 3 rings (SSSR count). The lowest BCUT2D eigenvalue weighted by Crippen LogP contribution is -2.22. The molecule has 144 valence electrons. The van der Waals surface area contributed by atoms with Gasteiger partial charge in [0.15, 0.2) is 0 Å². The van der Waals surface area contributed by atoms with Crippen LogP contribution in [0, 0.1) is 11.3 Å². The molecule has 1 aromatic heterocycles. The molecule has 0 aliphatic carbocycles. The summed E-state index contributed by atoms with van der Waals surface area (Å²) in [4.78, 5) is 17.9. The first-order valence-corrected chi connectivity index (χ1v) is 9.94. The summed E-state index contributed by atoms with van der Waals surface area (Å²) in [7, 11) is 0. The first kappa shape index (κ1) is 20.4. The average Bonchev–Trinajstić information content (AvgIpc) is 2.65. The molecule has 0 saturated heterocycles. The molecule has 0 fully saturated rings. The molecule has 4 nitrogen and oxygen atoms in total. The molecule has 3 aromatic rings. The van der Waals surface area contributed by atoms with Crippen LogP contribution in [0.15, 0.2) is 50.8 Å². The number of alkyl halides is 3. The van der Waals surface area contributed by atoms with E-state index in [0.29, 0.717) is 5.56 Å². The molecule has 0 amide bonds. The van der Waals surface area contributed by atoms with E-state index >= 15 is 0 Å². The maximum atomic E-state index is 13.1. The number of hydrogen-bond acceptors (Lipinski definition) is 4. The van der Waals surface area contributed by atoms with E-state index in [0.717, 1.165) is 28.3 Å². The molecule has 0 saturated carbocycles. The highest BCUT2D eigenvalue weighted by atomic mass is 79.9. The maximum Gasteiger partial charge on any atom is 0.416 e. The number of halogens is 4. The van der Waals surface area contributed by atoms with Gasteiger partial charge < -0.3 is 0 Å². The Labute approximate surface area is 171 Å². The summed E-state index contributed by atoms with van der Waals surface area (Å²) < 4.78 is 40.7. The molecule has 0 aliphatic heterocycles. The predicted octanol–water partition coefficient (Wildman–Crippen LogP) is 5.21. The summed E-state index contributed by atoms with van der Waals surface area (Å²) in [5, 5.41) is 9.01. The molecule has 2 aromatic carbocycles. The summed E-state index contributed by atoms with van der Waals surface area (Å²) in [6.07, 6.45) is -3.27. The molecule has 0 spiro atoms. The van der Waals surface area contributed by atoms with E-state index in [4.69, 9.17) is 5.26 Å². The highest BCUT2D eigenvalue weighted by Gasteiger charge is 2.31. The maximum absolute atomic E-state index is 13.1. The van der Waals surface area contributed by atoms with Gasteiger partial charge in [0.05, 0.1) is 41.0 Å². The van der Waals surface area contributed by atoms with Crippen LogP contribution in [0.25, 0.3) is 10.9 Å². The number of hydrogen-bond donors (Lipinski definition) is 0. The summed E-state index contributed by atoms with van der Waals surface area (Å²) in [6.45, 7) is 2.08. The minimum absolute atomic E-state index is 0.105. The van der Waals surface area contributed by atoms with Gasteiger partial charge in [-0.25, -0.2) is 4.98 Å². The van der Waals surface area contributed by atoms with Crippen LogP contribution in [-0.4, -0.2) is 15.3 Å². The van der Waals surface area contributed by atoms with Crippen molar-refractivity contribution >= 4 is 38.6 Å². The Kier molecular flexibility index (Phi) is 5.82. The van der Waals surface area contributed by atoms with Gasteiger partial charge in [-0.2, -0.15) is 18.4 Å². The number of aromatic nitrogens is 2. The topological polar surface area (TPSA) is 58.7 Å². The lowest BCUT2D eigenvalue weighted by Gasteiger charge is -2.13. The lowest BCUT2D eigenvalue weighted by atomic mass is 10.1. The molecule has 28 heavy (non-hydrogen) atoms. The molecule has 0 radical (unpaired) electrons. The van der Waals surface area contributed by atoms with Crippen molar-refractivity contribution < 1.29 is 13.2 Å². The number of rotatable bonds is 4. The second-order valence-corrected chi connectivity index (χ2v) is 8.06. The number of benzene rings is 2. The third-order valence-corrected chi connectivity index (χ3v) is 5.64. The summed E-state index contributed by atoms with van der Waals surface area (Å²) in [5.41, 5.74) is -0.147. The van der Waals surface area contributed by atoms with E-state index in [-0.39, 0.29) is 21.9 Å². The first-order valence-electron chi connectivity index (χ1n) is 8.16. The monoisotopic (exact) mass is 467 g/mol. The quantitative estimate of drug-likeness (QED) is 0.494. The van der Waals surface area contributed by atoms with Gasteiger partial charge in [-0.05, 0) is 57.6 Å². The molecule has 9 heteroatoms. The van der Waals surface area contributed by atoms with Crippen LogP contribution in [-0.2, 0) is 12.7 Å². The van der Waals surface area contributed by atoms with Crippen molar-refractivity contribution in [1.82, 2.24) is 9.55 Å². The standard InChI is InChI=1S/C19H13BrF3N3OS/c1-2-28-16-4-3-11(8-24)5-12(16)9-26-10-25-17-14(18(26)27)6-13(7-15(17)20)19(21,22)23/h3-7,10H,2,9H2,1H3. The number of fused-ring (bicyclic) bond motifs is 1. The van der Waals surface area contributed by atoms with E-state index in [9.17, 15) is 18.0 Å². The van der Waals surface area contributed by atoms with Crippen LogP contribution in [0.2, 0.25) is 0 Å². The summed E-state index contributed by atoms with van der Waals surface area (Å²) in [6, 6.07) is 8.95. The summed E-state index contributed by atoms with van der Waals surface area (Å²) >= 11 is 4.62. The molecular formula is C19H13BrF3N3OS. The Morgan fingerprint density at radius 1 is 1.29 bits per heavy atom. The molecular weight excluding hydrogens is 455 g/mol. The minimum atomic E-state index is -4.57. The van der Waals surface area contributed by atoms with Crippen molar-refractivity contribution in [1.29, 1.82) is 5.26 Å². The SMILES string of the molecule is CCSc1ccc(C#N)cc1Cn1cnc2c(Br)cc(C(F)(F)F)cc2c1=O. The van der Waals surface area contributed by atoms with E-state index in [1.54, 1.807) is 30.0 Å². The van der Waals surface area contributed by atoms with Crippen LogP contribution in [0.4, 0.5) is 13.2 Å². The van der Waals surface area contributed by atoms with E-state index in [2.05, 4.69) is 27.0 Å². The van der Waals surface area contributed by atoms with Gasteiger partial charge in [0.2, 0.25) is 0 Å². The van der Waals surface area contributed by atoms with Gasteiger partial charge in [0.25, 0.3) is 5.56 Å². The number of nitrogens with zero attached hydrogens (tertiary/aromatic N) is 3. The second-order valence-electron chi connectivity index (χ2n) is 5.90. The van der Waals surface area contributed by atoms with Crippen molar-refractivity contribution in [3.05, 3.63) is 68.2 Å². The number of thioether (sulfide) groups is 1. The van der Waals surface area contributed by atoms with Gasteiger partial charge >= 0.3 is 6.18 Å². The van der Waals surface area contributed by atoms with Crippen LogP contribution < -0.4 is 5.56 Å². The van der Waals surface area contributed by atoms with Crippen LogP contribution in [0.3, 0.4) is 0 Å². The molecule has 0 atom stereocenters. The molecule has 0 bridgehead atoms. The zero-order chi connectivity index (χ0) is 20.5. The minimum Gasteiger partial charge on any atom is -0.294 e. The fourth-order valence-corrected chi connectivity index (χ4v) is 4.10. The smallest absolute Gasteiger partial charge is 0.294 e. The van der Waals surface area contributed by atoms with E-state index in [1.165, 1.54) is 10.9 Å². The Hall–Kier alpha value is -2.31. The Morgan fingerprint density at radius 3 is 2.68 bits per heavy atom. The van der Waals surface area contributed by atoms with Crippen molar-refractivity contribution in [3.63, 3.8) is 0 Å². The van der Waals surface area contributed by atoms with Crippen LogP contribution >= 0.6 is 27.7 Å². The van der Waals surface area contributed by atoms with Crippen LogP contribution in [0.1, 0.15) is 23.6 Å². The van der Waals surface area contributed by atoms with Gasteiger partial charge in [-0.1, -0.05) is 6.92 Å². The molecule has 1 heterocycles. The zero-order valence-corrected chi connectivity index (χ0v) is 17.0. The average molecular weight is 468 g/mol. The number of nitriles is 1. The first-order chi connectivity index (χ1) is 13.2. The lowest BCUT2D eigenvalue weighted by molar-refractivity contribution is -0.137. The Bertz CT molecular complexity index is 1150. The van der Waals surface area contributed by atoms with Crippen molar-refractivity contribution in [2.24, 2.45) is 0 Å². The van der Waals surface area contributed by atoms with E-state index in [1.807, 2.05) is 6.92 Å². The summed E-state index contributed by atoms with van der Waals surface area (Å²) in [5.74, 6) is 0.797. The third kappa shape index (κ3) is 4.08. The predicted molar refractivity (Wildman–Crippen MR) is 105 cm³/mol. The van der Waals surface area contributed by atoms with Gasteiger partial charge in [0.1, 0.15) is 0 Å². The zero-order valence-electron chi connectivity index (χ0n) is 14.5. The van der Waals surface area contributed by atoms with E-state index < -0.39 is 17.3 Å². The normalized spacial score (nSPS) is 11.6. The van der Waals surface area contributed by atoms with Gasteiger partial charge in [0, 0.05) is 9.37 Å². The highest BCUT2D eigenvalue weighted by molar-refractivity contribution is 9.10. The Morgan fingerprint density at radius 2 is 2.04 bits per heavy atom. The van der Waals surface area contributed by atoms with Gasteiger partial charge in [-0.3, -0.25) is 9.36 Å². The van der Waals surface area contributed by atoms with Crippen molar-refractivity contribution in [2.75, 3.05) is 5.75 Å².